The van der Waals surface area contributed by atoms with Gasteiger partial charge in [-0.2, -0.15) is 4.98 Å². The summed E-state index contributed by atoms with van der Waals surface area (Å²) in [5, 5.41) is 3.86. The van der Waals surface area contributed by atoms with Gasteiger partial charge in [0.2, 0.25) is 5.89 Å². The number of hydrogen-bond donors (Lipinski definition) is 0. The van der Waals surface area contributed by atoms with Crippen LogP contribution in [0.25, 0.3) is 0 Å². The van der Waals surface area contributed by atoms with E-state index in [9.17, 15) is 14.0 Å². The molecule has 1 aromatic heterocycles. The molecule has 1 unspecified atom stereocenters. The van der Waals surface area contributed by atoms with Crippen LogP contribution in [-0.4, -0.2) is 58.0 Å². The zero-order valence-electron chi connectivity index (χ0n) is 17.6. The van der Waals surface area contributed by atoms with Crippen LogP contribution in [-0.2, 0) is 4.79 Å². The fourth-order valence-corrected chi connectivity index (χ4v) is 3.64. The lowest BCUT2D eigenvalue weighted by atomic mass is 10.1. The highest BCUT2D eigenvalue weighted by Gasteiger charge is 2.34. The summed E-state index contributed by atoms with van der Waals surface area (Å²) >= 11 is 0. The van der Waals surface area contributed by atoms with E-state index in [1.54, 1.807) is 41.0 Å². The van der Waals surface area contributed by atoms with Gasteiger partial charge in [0.15, 0.2) is 12.4 Å². The van der Waals surface area contributed by atoms with E-state index in [0.717, 1.165) is 0 Å². The summed E-state index contributed by atoms with van der Waals surface area (Å²) < 4.78 is 23.9. The third kappa shape index (κ3) is 4.93. The highest BCUT2D eigenvalue weighted by Crippen LogP contribution is 2.27. The molecule has 0 spiro atoms. The first-order chi connectivity index (χ1) is 15.5. The van der Waals surface area contributed by atoms with Gasteiger partial charge in [0.1, 0.15) is 17.6 Å². The van der Waals surface area contributed by atoms with E-state index in [2.05, 4.69) is 10.1 Å². The van der Waals surface area contributed by atoms with Crippen molar-refractivity contribution < 1.29 is 23.2 Å². The number of rotatable bonds is 5. The number of carbonyl (C=O) groups excluding carboxylic acids is 2. The maximum atomic E-state index is 13.2. The third-order valence-electron chi connectivity index (χ3n) is 5.30. The lowest BCUT2D eigenvalue weighted by Gasteiger charge is -2.27. The Morgan fingerprint density at radius 3 is 2.53 bits per heavy atom. The van der Waals surface area contributed by atoms with Crippen LogP contribution in [0.4, 0.5) is 4.39 Å². The van der Waals surface area contributed by atoms with Crippen LogP contribution in [0.5, 0.6) is 5.75 Å². The molecule has 0 aliphatic carbocycles. The fourth-order valence-electron chi connectivity index (χ4n) is 3.64. The topological polar surface area (TPSA) is 88.8 Å². The molecule has 0 N–H and O–H groups in total. The summed E-state index contributed by atoms with van der Waals surface area (Å²) in [5.41, 5.74) is 0.549. The standard InChI is InChI=1S/C23H23FN4O4/c1-16-25-22(32-26-16)20-11-12-27(21(29)15-31-19-9-7-18(24)8-10-19)13-14-28(20)23(30)17-5-3-2-4-6-17/h2-10,20H,11-15H2,1H3. The largest absolute Gasteiger partial charge is 0.484 e. The number of nitrogens with zero attached hydrogens (tertiary/aromatic N) is 4. The maximum absolute atomic E-state index is 13.2. The smallest absolute Gasteiger partial charge is 0.260 e. The highest BCUT2D eigenvalue weighted by molar-refractivity contribution is 5.94. The molecule has 166 valence electrons. The average Bonchev–Trinajstić information content (AvgIpc) is 3.12. The first-order valence-electron chi connectivity index (χ1n) is 10.3. The maximum Gasteiger partial charge on any atom is 0.260 e. The number of carbonyl (C=O) groups is 2. The molecular weight excluding hydrogens is 415 g/mol. The van der Waals surface area contributed by atoms with E-state index >= 15 is 0 Å². The van der Waals surface area contributed by atoms with Crippen molar-refractivity contribution in [1.29, 1.82) is 0 Å². The van der Waals surface area contributed by atoms with E-state index in [0.29, 0.717) is 49.1 Å². The number of aryl methyl sites for hydroxylation is 1. The molecule has 0 bridgehead atoms. The minimum absolute atomic E-state index is 0.164. The van der Waals surface area contributed by atoms with Crippen LogP contribution in [0.15, 0.2) is 59.1 Å². The Bertz CT molecular complexity index is 1070. The van der Waals surface area contributed by atoms with Crippen LogP contribution in [0, 0.1) is 12.7 Å². The van der Waals surface area contributed by atoms with Crippen molar-refractivity contribution in [3.8, 4) is 5.75 Å². The van der Waals surface area contributed by atoms with E-state index < -0.39 is 6.04 Å². The minimum atomic E-state index is -0.445. The molecule has 0 radical (unpaired) electrons. The van der Waals surface area contributed by atoms with E-state index in [4.69, 9.17) is 9.26 Å². The first-order valence-corrected chi connectivity index (χ1v) is 10.3. The molecule has 2 heterocycles. The average molecular weight is 438 g/mol. The molecule has 1 fully saturated rings. The predicted octanol–water partition coefficient (Wildman–Crippen LogP) is 3.01. The van der Waals surface area contributed by atoms with Crippen molar-refractivity contribution >= 4 is 11.8 Å². The molecule has 4 rings (SSSR count). The molecule has 1 aliphatic heterocycles. The molecule has 32 heavy (non-hydrogen) atoms. The monoisotopic (exact) mass is 438 g/mol. The van der Waals surface area contributed by atoms with Crippen molar-refractivity contribution in [3.05, 3.63) is 77.7 Å². The molecule has 1 aliphatic rings. The second-order valence-corrected chi connectivity index (χ2v) is 7.47. The first kappa shape index (κ1) is 21.5. The van der Waals surface area contributed by atoms with Gasteiger partial charge in [-0.3, -0.25) is 9.59 Å². The zero-order chi connectivity index (χ0) is 22.5. The summed E-state index contributed by atoms with van der Waals surface area (Å²) in [4.78, 5) is 33.6. The van der Waals surface area contributed by atoms with Gasteiger partial charge in [-0.05, 0) is 49.7 Å². The van der Waals surface area contributed by atoms with Gasteiger partial charge in [0, 0.05) is 25.2 Å². The second kappa shape index (κ2) is 9.59. The van der Waals surface area contributed by atoms with Gasteiger partial charge >= 0.3 is 0 Å². The van der Waals surface area contributed by atoms with Gasteiger partial charge in [-0.25, -0.2) is 4.39 Å². The van der Waals surface area contributed by atoms with E-state index in [1.165, 1.54) is 24.3 Å². The van der Waals surface area contributed by atoms with Gasteiger partial charge < -0.3 is 19.1 Å². The summed E-state index contributed by atoms with van der Waals surface area (Å²) in [6.07, 6.45) is 0.447. The second-order valence-electron chi connectivity index (χ2n) is 7.47. The summed E-state index contributed by atoms with van der Waals surface area (Å²) in [5.74, 6) is 0.490. The number of amides is 2. The molecule has 1 atom stereocenters. The number of aromatic nitrogens is 2. The van der Waals surface area contributed by atoms with Crippen LogP contribution < -0.4 is 4.74 Å². The summed E-state index contributed by atoms with van der Waals surface area (Å²) in [6.45, 7) is 2.59. The van der Waals surface area contributed by atoms with Crippen molar-refractivity contribution in [2.45, 2.75) is 19.4 Å². The van der Waals surface area contributed by atoms with Gasteiger partial charge in [0.25, 0.3) is 11.8 Å². The van der Waals surface area contributed by atoms with Crippen molar-refractivity contribution in [3.63, 3.8) is 0 Å². The van der Waals surface area contributed by atoms with Crippen LogP contribution in [0.1, 0.15) is 34.5 Å². The fraction of sp³-hybridized carbons (Fsp3) is 0.304. The Hall–Kier alpha value is -3.75. The van der Waals surface area contributed by atoms with Gasteiger partial charge in [-0.15, -0.1) is 0 Å². The number of benzene rings is 2. The molecule has 8 nitrogen and oxygen atoms in total. The van der Waals surface area contributed by atoms with Crippen LogP contribution in [0.2, 0.25) is 0 Å². The molecule has 1 saturated heterocycles. The SMILES string of the molecule is Cc1noc(C2CCN(C(=O)COc3ccc(F)cc3)CCN2C(=O)c2ccccc2)n1. The van der Waals surface area contributed by atoms with Crippen molar-refractivity contribution in [2.24, 2.45) is 0 Å². The molecule has 3 aromatic rings. The molecule has 9 heteroatoms. The molecule has 0 saturated carbocycles. The predicted molar refractivity (Wildman–Crippen MR) is 112 cm³/mol. The Labute approximate surface area is 184 Å². The summed E-state index contributed by atoms with van der Waals surface area (Å²) in [7, 11) is 0. The Kier molecular flexibility index (Phi) is 6.44. The lowest BCUT2D eigenvalue weighted by molar-refractivity contribution is -0.133. The number of ether oxygens (including phenoxy) is 1. The van der Waals surface area contributed by atoms with E-state index in [-0.39, 0.29) is 24.2 Å². The Balaban J connectivity index is 1.48. The Morgan fingerprint density at radius 2 is 1.84 bits per heavy atom. The third-order valence-corrected chi connectivity index (χ3v) is 5.30. The van der Waals surface area contributed by atoms with Crippen LogP contribution in [0.3, 0.4) is 0 Å². The van der Waals surface area contributed by atoms with Gasteiger partial charge in [-0.1, -0.05) is 23.4 Å². The molecular formula is C23H23FN4O4. The zero-order valence-corrected chi connectivity index (χ0v) is 17.6. The summed E-state index contributed by atoms with van der Waals surface area (Å²) in [6, 6.07) is 14.0. The normalized spacial score (nSPS) is 16.5. The quantitative estimate of drug-likeness (QED) is 0.609. The lowest BCUT2D eigenvalue weighted by Crippen LogP contribution is -2.39. The van der Waals surface area contributed by atoms with E-state index in [1.807, 2.05) is 6.07 Å². The van der Waals surface area contributed by atoms with Gasteiger partial charge in [0.05, 0.1) is 0 Å². The molecule has 2 amide bonds. The van der Waals surface area contributed by atoms with Crippen molar-refractivity contribution in [1.82, 2.24) is 19.9 Å². The Morgan fingerprint density at radius 1 is 1.09 bits per heavy atom. The highest BCUT2D eigenvalue weighted by atomic mass is 19.1. The molecule has 2 aromatic carbocycles. The number of halogens is 1. The van der Waals surface area contributed by atoms with Crippen molar-refractivity contribution in [2.75, 3.05) is 26.2 Å². The number of hydrogen-bond acceptors (Lipinski definition) is 6. The van der Waals surface area contributed by atoms with Crippen LogP contribution >= 0.6 is 0 Å². The minimum Gasteiger partial charge on any atom is -0.484 e.